The van der Waals surface area contributed by atoms with Crippen molar-refractivity contribution in [3.8, 4) is 0 Å². The molecule has 1 aromatic heterocycles. The Morgan fingerprint density at radius 3 is 2.83 bits per heavy atom. The lowest BCUT2D eigenvalue weighted by Gasteiger charge is -2.11. The Morgan fingerprint density at radius 2 is 2.11 bits per heavy atom. The van der Waals surface area contributed by atoms with Crippen molar-refractivity contribution >= 4 is 11.6 Å². The van der Waals surface area contributed by atoms with E-state index >= 15 is 0 Å². The SMILES string of the molecule is CCn1cc(C)nc1Nc1ccccc1COC. The first-order chi connectivity index (χ1) is 8.74. The van der Waals surface area contributed by atoms with E-state index in [1.807, 2.05) is 31.3 Å². The third-order valence-electron chi connectivity index (χ3n) is 2.80. The molecule has 0 unspecified atom stereocenters. The molecule has 18 heavy (non-hydrogen) atoms. The summed E-state index contributed by atoms with van der Waals surface area (Å²) in [5, 5.41) is 3.37. The van der Waals surface area contributed by atoms with Gasteiger partial charge in [0.15, 0.2) is 0 Å². The Labute approximate surface area is 108 Å². The number of nitrogens with one attached hydrogen (secondary N) is 1. The van der Waals surface area contributed by atoms with E-state index in [-0.39, 0.29) is 0 Å². The highest BCUT2D eigenvalue weighted by Crippen LogP contribution is 2.21. The number of hydrogen-bond acceptors (Lipinski definition) is 3. The maximum Gasteiger partial charge on any atom is 0.207 e. The lowest BCUT2D eigenvalue weighted by Crippen LogP contribution is -2.03. The minimum Gasteiger partial charge on any atom is -0.380 e. The number of rotatable bonds is 5. The zero-order valence-corrected chi connectivity index (χ0v) is 11.1. The first kappa shape index (κ1) is 12.6. The molecule has 1 heterocycles. The average Bonchev–Trinajstić information content (AvgIpc) is 2.72. The Kier molecular flexibility index (Phi) is 3.99. The third-order valence-corrected chi connectivity index (χ3v) is 2.80. The molecule has 0 spiro atoms. The van der Waals surface area contributed by atoms with Crippen molar-refractivity contribution in [1.29, 1.82) is 0 Å². The molecule has 4 heteroatoms. The molecule has 0 atom stereocenters. The summed E-state index contributed by atoms with van der Waals surface area (Å²) in [5.74, 6) is 0.874. The Bertz CT molecular complexity index is 520. The molecular weight excluding hydrogens is 226 g/mol. The Morgan fingerprint density at radius 1 is 1.33 bits per heavy atom. The van der Waals surface area contributed by atoms with Crippen molar-refractivity contribution in [2.24, 2.45) is 0 Å². The van der Waals surface area contributed by atoms with Crippen molar-refractivity contribution in [3.05, 3.63) is 41.7 Å². The third kappa shape index (κ3) is 2.71. The van der Waals surface area contributed by atoms with E-state index in [1.165, 1.54) is 0 Å². The summed E-state index contributed by atoms with van der Waals surface area (Å²) >= 11 is 0. The van der Waals surface area contributed by atoms with Crippen LogP contribution in [0.15, 0.2) is 30.5 Å². The lowest BCUT2D eigenvalue weighted by molar-refractivity contribution is 0.185. The van der Waals surface area contributed by atoms with Gasteiger partial charge in [-0.3, -0.25) is 0 Å². The van der Waals surface area contributed by atoms with E-state index < -0.39 is 0 Å². The Balaban J connectivity index is 2.27. The van der Waals surface area contributed by atoms with Crippen molar-refractivity contribution in [2.45, 2.75) is 27.0 Å². The molecule has 2 aromatic rings. The van der Waals surface area contributed by atoms with Crippen LogP contribution in [-0.2, 0) is 17.9 Å². The maximum atomic E-state index is 5.20. The van der Waals surface area contributed by atoms with Crippen LogP contribution in [0.2, 0.25) is 0 Å². The van der Waals surface area contributed by atoms with Crippen LogP contribution in [0.1, 0.15) is 18.2 Å². The van der Waals surface area contributed by atoms with Gasteiger partial charge in [-0.15, -0.1) is 0 Å². The quantitative estimate of drug-likeness (QED) is 0.879. The van der Waals surface area contributed by atoms with E-state index in [0.29, 0.717) is 6.61 Å². The van der Waals surface area contributed by atoms with E-state index in [4.69, 9.17) is 4.74 Å². The molecule has 0 aliphatic rings. The molecule has 0 saturated heterocycles. The monoisotopic (exact) mass is 245 g/mol. The van der Waals surface area contributed by atoms with E-state index in [9.17, 15) is 0 Å². The van der Waals surface area contributed by atoms with Crippen molar-refractivity contribution in [1.82, 2.24) is 9.55 Å². The summed E-state index contributed by atoms with van der Waals surface area (Å²) in [6.07, 6.45) is 2.04. The molecule has 1 aromatic carbocycles. The summed E-state index contributed by atoms with van der Waals surface area (Å²) in [7, 11) is 1.70. The summed E-state index contributed by atoms with van der Waals surface area (Å²) < 4.78 is 7.30. The summed E-state index contributed by atoms with van der Waals surface area (Å²) in [6.45, 7) is 5.59. The molecule has 0 aliphatic carbocycles. The van der Waals surface area contributed by atoms with Crippen molar-refractivity contribution in [3.63, 3.8) is 0 Å². The highest BCUT2D eigenvalue weighted by molar-refractivity contribution is 5.58. The van der Waals surface area contributed by atoms with Crippen LogP contribution in [0.25, 0.3) is 0 Å². The molecule has 0 saturated carbocycles. The number of nitrogens with zero attached hydrogens (tertiary/aromatic N) is 2. The van der Waals surface area contributed by atoms with Crippen LogP contribution >= 0.6 is 0 Å². The standard InChI is InChI=1S/C14H19N3O/c1-4-17-9-11(2)15-14(17)16-13-8-6-5-7-12(13)10-18-3/h5-9H,4,10H2,1-3H3,(H,15,16). The zero-order valence-electron chi connectivity index (χ0n) is 11.1. The first-order valence-corrected chi connectivity index (χ1v) is 6.12. The van der Waals surface area contributed by atoms with Gasteiger partial charge < -0.3 is 14.6 Å². The number of ether oxygens (including phenoxy) is 1. The second-order valence-corrected chi connectivity index (χ2v) is 4.21. The first-order valence-electron chi connectivity index (χ1n) is 6.12. The number of anilines is 2. The number of benzene rings is 1. The highest BCUT2D eigenvalue weighted by atomic mass is 16.5. The van der Waals surface area contributed by atoms with Crippen LogP contribution < -0.4 is 5.32 Å². The predicted molar refractivity (Wildman–Crippen MR) is 73.1 cm³/mol. The second-order valence-electron chi connectivity index (χ2n) is 4.21. The molecule has 0 radical (unpaired) electrons. The summed E-state index contributed by atoms with van der Waals surface area (Å²) in [4.78, 5) is 4.49. The van der Waals surface area contributed by atoms with Gasteiger partial charge in [-0.1, -0.05) is 18.2 Å². The molecular formula is C14H19N3O. The molecule has 4 nitrogen and oxygen atoms in total. The van der Waals surface area contributed by atoms with Crippen LogP contribution in [0.4, 0.5) is 11.6 Å². The smallest absolute Gasteiger partial charge is 0.207 e. The van der Waals surface area contributed by atoms with Gasteiger partial charge in [0.2, 0.25) is 5.95 Å². The fourth-order valence-electron chi connectivity index (χ4n) is 1.93. The van der Waals surface area contributed by atoms with Gasteiger partial charge in [0.1, 0.15) is 0 Å². The van der Waals surface area contributed by atoms with Gasteiger partial charge in [-0.2, -0.15) is 0 Å². The number of imidazole rings is 1. The minimum absolute atomic E-state index is 0.592. The largest absolute Gasteiger partial charge is 0.380 e. The number of aryl methyl sites for hydroxylation is 2. The van der Waals surface area contributed by atoms with Gasteiger partial charge >= 0.3 is 0 Å². The molecule has 1 N–H and O–H groups in total. The second kappa shape index (κ2) is 5.69. The minimum atomic E-state index is 0.592. The number of methoxy groups -OCH3 is 1. The van der Waals surface area contributed by atoms with E-state index in [1.54, 1.807) is 7.11 Å². The predicted octanol–water partition coefficient (Wildman–Crippen LogP) is 3.10. The van der Waals surface area contributed by atoms with Crippen LogP contribution in [-0.4, -0.2) is 16.7 Å². The van der Waals surface area contributed by atoms with Gasteiger partial charge in [0.25, 0.3) is 0 Å². The fourth-order valence-corrected chi connectivity index (χ4v) is 1.93. The van der Waals surface area contributed by atoms with Crippen molar-refractivity contribution in [2.75, 3.05) is 12.4 Å². The van der Waals surface area contributed by atoms with Crippen LogP contribution in [0.3, 0.4) is 0 Å². The molecule has 0 amide bonds. The maximum absolute atomic E-state index is 5.20. The number of para-hydroxylation sites is 1. The van der Waals surface area contributed by atoms with E-state index in [0.717, 1.165) is 29.4 Å². The molecule has 0 bridgehead atoms. The van der Waals surface area contributed by atoms with Gasteiger partial charge in [0, 0.05) is 31.1 Å². The highest BCUT2D eigenvalue weighted by Gasteiger charge is 2.07. The summed E-state index contributed by atoms with van der Waals surface area (Å²) in [5.41, 5.74) is 3.19. The normalized spacial score (nSPS) is 10.6. The zero-order chi connectivity index (χ0) is 13.0. The van der Waals surface area contributed by atoms with Crippen molar-refractivity contribution < 1.29 is 4.74 Å². The molecule has 0 aliphatic heterocycles. The van der Waals surface area contributed by atoms with Crippen LogP contribution in [0, 0.1) is 6.92 Å². The van der Waals surface area contributed by atoms with E-state index in [2.05, 4.69) is 27.9 Å². The molecule has 2 rings (SSSR count). The van der Waals surface area contributed by atoms with Gasteiger partial charge in [-0.25, -0.2) is 4.98 Å². The van der Waals surface area contributed by atoms with Gasteiger partial charge in [-0.05, 0) is 19.9 Å². The molecule has 96 valence electrons. The Hall–Kier alpha value is -1.81. The lowest BCUT2D eigenvalue weighted by atomic mass is 10.2. The van der Waals surface area contributed by atoms with Crippen LogP contribution in [0.5, 0.6) is 0 Å². The fraction of sp³-hybridized carbons (Fsp3) is 0.357. The number of aromatic nitrogens is 2. The van der Waals surface area contributed by atoms with Gasteiger partial charge in [0.05, 0.1) is 12.3 Å². The molecule has 0 fully saturated rings. The topological polar surface area (TPSA) is 39.1 Å². The summed E-state index contributed by atoms with van der Waals surface area (Å²) in [6, 6.07) is 8.11. The number of hydrogen-bond donors (Lipinski definition) is 1. The average molecular weight is 245 g/mol.